The predicted octanol–water partition coefficient (Wildman–Crippen LogP) is 2.52. The van der Waals surface area contributed by atoms with Gasteiger partial charge in [-0.25, -0.2) is 0 Å². The second-order valence-corrected chi connectivity index (χ2v) is 2.35. The van der Waals surface area contributed by atoms with Crippen LogP contribution in [0.3, 0.4) is 0 Å². The minimum absolute atomic E-state index is 0.918. The molecule has 0 aromatic heterocycles. The molecule has 0 saturated heterocycles. The Morgan fingerprint density at radius 3 is 3.00 bits per heavy atom. The zero-order valence-electron chi connectivity index (χ0n) is 6.22. The molecule has 51 valence electrons. The van der Waals surface area contributed by atoms with Crippen molar-refractivity contribution in [3.05, 3.63) is 48.0 Å². The van der Waals surface area contributed by atoms with Crippen LogP contribution >= 0.6 is 0 Å². The third kappa shape index (κ3) is 1.73. The largest absolute Gasteiger partial charge is 0.103 e. The third-order valence-corrected chi connectivity index (χ3v) is 1.37. The molecule has 0 aliphatic rings. The highest BCUT2D eigenvalue weighted by molar-refractivity contribution is 5.21. The highest BCUT2D eigenvalue weighted by atomic mass is 13.9. The SMILES string of the molecule is C=CCc1[c]c(C)ccc1. The minimum atomic E-state index is 0.918. The Morgan fingerprint density at radius 2 is 2.40 bits per heavy atom. The summed E-state index contributed by atoms with van der Waals surface area (Å²) in [5, 5.41) is 0. The van der Waals surface area contributed by atoms with Crippen molar-refractivity contribution >= 4 is 0 Å². The van der Waals surface area contributed by atoms with E-state index in [-0.39, 0.29) is 0 Å². The fourth-order valence-corrected chi connectivity index (χ4v) is 0.920. The molecular weight excluding hydrogens is 120 g/mol. The van der Waals surface area contributed by atoms with Gasteiger partial charge in [-0.3, -0.25) is 0 Å². The van der Waals surface area contributed by atoms with Gasteiger partial charge in [0, 0.05) is 0 Å². The third-order valence-electron chi connectivity index (χ3n) is 1.37. The van der Waals surface area contributed by atoms with Crippen LogP contribution < -0.4 is 0 Å². The maximum absolute atomic E-state index is 3.67. The molecule has 0 heteroatoms. The lowest BCUT2D eigenvalue weighted by Gasteiger charge is -1.95. The van der Waals surface area contributed by atoms with Crippen LogP contribution in [0.15, 0.2) is 30.9 Å². The molecule has 0 fully saturated rings. The monoisotopic (exact) mass is 131 g/mol. The molecule has 1 aromatic rings. The van der Waals surface area contributed by atoms with Gasteiger partial charge in [0.1, 0.15) is 0 Å². The van der Waals surface area contributed by atoms with E-state index in [1.54, 1.807) is 0 Å². The number of aryl methyl sites for hydroxylation is 1. The summed E-state index contributed by atoms with van der Waals surface area (Å²) in [7, 11) is 0. The van der Waals surface area contributed by atoms with E-state index < -0.39 is 0 Å². The molecule has 10 heavy (non-hydrogen) atoms. The number of rotatable bonds is 2. The first-order valence-corrected chi connectivity index (χ1v) is 3.41. The molecule has 1 radical (unpaired) electrons. The van der Waals surface area contributed by atoms with Crippen LogP contribution in [0.25, 0.3) is 0 Å². The lowest BCUT2D eigenvalue weighted by Crippen LogP contribution is -1.81. The summed E-state index contributed by atoms with van der Waals surface area (Å²) in [5.41, 5.74) is 2.41. The van der Waals surface area contributed by atoms with Gasteiger partial charge in [0.15, 0.2) is 0 Å². The first-order valence-electron chi connectivity index (χ1n) is 3.41. The van der Waals surface area contributed by atoms with Gasteiger partial charge in [-0.05, 0) is 30.5 Å². The van der Waals surface area contributed by atoms with Crippen molar-refractivity contribution in [1.29, 1.82) is 0 Å². The Bertz CT molecular complexity index is 223. The van der Waals surface area contributed by atoms with Gasteiger partial charge >= 0.3 is 0 Å². The molecule has 0 amide bonds. The van der Waals surface area contributed by atoms with Gasteiger partial charge in [-0.2, -0.15) is 0 Å². The van der Waals surface area contributed by atoms with Crippen molar-refractivity contribution in [2.75, 3.05) is 0 Å². The van der Waals surface area contributed by atoms with Crippen molar-refractivity contribution in [3.63, 3.8) is 0 Å². The lowest BCUT2D eigenvalue weighted by molar-refractivity contribution is 1.25. The molecule has 0 bridgehead atoms. The molecule has 0 atom stereocenters. The van der Waals surface area contributed by atoms with Crippen molar-refractivity contribution in [1.82, 2.24) is 0 Å². The zero-order valence-corrected chi connectivity index (χ0v) is 6.22. The van der Waals surface area contributed by atoms with Crippen molar-refractivity contribution in [2.24, 2.45) is 0 Å². The van der Waals surface area contributed by atoms with Gasteiger partial charge in [-0.1, -0.05) is 24.3 Å². The fraction of sp³-hybridized carbons (Fsp3) is 0.200. The number of hydrogen-bond donors (Lipinski definition) is 0. The second-order valence-electron chi connectivity index (χ2n) is 2.35. The molecule has 0 aliphatic heterocycles. The van der Waals surface area contributed by atoms with E-state index in [0.717, 1.165) is 6.42 Å². The van der Waals surface area contributed by atoms with Crippen molar-refractivity contribution < 1.29 is 0 Å². The quantitative estimate of drug-likeness (QED) is 0.541. The Kier molecular flexibility index (Phi) is 2.27. The molecule has 0 N–H and O–H groups in total. The van der Waals surface area contributed by atoms with Crippen LogP contribution in [-0.4, -0.2) is 0 Å². The number of allylic oxidation sites excluding steroid dienone is 1. The van der Waals surface area contributed by atoms with Gasteiger partial charge in [0.2, 0.25) is 0 Å². The number of hydrogen-bond acceptors (Lipinski definition) is 0. The average molecular weight is 131 g/mol. The standard InChI is InChI=1S/C10H11/c1-3-5-10-7-4-6-9(2)8-10/h3-4,6-7H,1,5H2,2H3. The van der Waals surface area contributed by atoms with Crippen molar-refractivity contribution in [2.45, 2.75) is 13.3 Å². The van der Waals surface area contributed by atoms with E-state index in [2.05, 4.69) is 18.7 Å². The van der Waals surface area contributed by atoms with E-state index in [1.165, 1.54) is 11.1 Å². The highest BCUT2D eigenvalue weighted by Crippen LogP contribution is 2.02. The minimum Gasteiger partial charge on any atom is -0.103 e. The Balaban J connectivity index is 2.84. The molecular formula is C10H11. The van der Waals surface area contributed by atoms with Gasteiger partial charge in [-0.15, -0.1) is 6.58 Å². The lowest BCUT2D eigenvalue weighted by atomic mass is 10.1. The maximum atomic E-state index is 3.67. The molecule has 0 spiro atoms. The van der Waals surface area contributed by atoms with Crippen LogP contribution in [0.2, 0.25) is 0 Å². The van der Waals surface area contributed by atoms with E-state index in [4.69, 9.17) is 0 Å². The molecule has 1 rings (SSSR count). The van der Waals surface area contributed by atoms with Crippen LogP contribution in [-0.2, 0) is 6.42 Å². The summed E-state index contributed by atoms with van der Waals surface area (Å²) in [6, 6.07) is 9.40. The van der Waals surface area contributed by atoms with E-state index in [9.17, 15) is 0 Å². The number of benzene rings is 1. The summed E-state index contributed by atoms with van der Waals surface area (Å²) >= 11 is 0. The normalized spacial score (nSPS) is 9.30. The van der Waals surface area contributed by atoms with E-state index in [1.807, 2.05) is 25.1 Å². The van der Waals surface area contributed by atoms with Crippen LogP contribution in [0.1, 0.15) is 11.1 Å². The highest BCUT2D eigenvalue weighted by Gasteiger charge is 1.88. The summed E-state index contributed by atoms with van der Waals surface area (Å²) in [5.74, 6) is 0. The first kappa shape index (κ1) is 7.07. The van der Waals surface area contributed by atoms with Crippen LogP contribution in [0.4, 0.5) is 0 Å². The van der Waals surface area contributed by atoms with Crippen molar-refractivity contribution in [3.8, 4) is 0 Å². The maximum Gasteiger partial charge on any atom is -0.00939 e. The second kappa shape index (κ2) is 3.21. The molecule has 0 nitrogen and oxygen atoms in total. The van der Waals surface area contributed by atoms with Crippen LogP contribution in [0.5, 0.6) is 0 Å². The van der Waals surface area contributed by atoms with Gasteiger partial charge in [0.25, 0.3) is 0 Å². The van der Waals surface area contributed by atoms with Crippen LogP contribution in [0, 0.1) is 13.0 Å². The zero-order chi connectivity index (χ0) is 7.40. The Hall–Kier alpha value is -1.04. The summed E-state index contributed by atoms with van der Waals surface area (Å²) in [4.78, 5) is 0. The predicted molar refractivity (Wildman–Crippen MR) is 43.9 cm³/mol. The molecule has 0 saturated carbocycles. The summed E-state index contributed by atoms with van der Waals surface area (Å²) in [6.45, 7) is 5.71. The summed E-state index contributed by atoms with van der Waals surface area (Å²) in [6.07, 6.45) is 2.81. The fourth-order valence-electron chi connectivity index (χ4n) is 0.920. The molecule has 0 heterocycles. The van der Waals surface area contributed by atoms with Gasteiger partial charge < -0.3 is 0 Å². The summed E-state index contributed by atoms with van der Waals surface area (Å²) < 4.78 is 0. The molecule has 0 unspecified atom stereocenters. The topological polar surface area (TPSA) is 0 Å². The van der Waals surface area contributed by atoms with E-state index >= 15 is 0 Å². The average Bonchev–Trinajstić information content (AvgIpc) is 1.88. The molecule has 1 aromatic carbocycles. The van der Waals surface area contributed by atoms with E-state index in [0.29, 0.717) is 0 Å². The smallest absolute Gasteiger partial charge is 0.00939 e. The molecule has 0 aliphatic carbocycles. The first-order chi connectivity index (χ1) is 4.83. The van der Waals surface area contributed by atoms with Gasteiger partial charge in [0.05, 0.1) is 0 Å². The Labute approximate surface area is 62.2 Å². The Morgan fingerprint density at radius 1 is 1.60 bits per heavy atom.